The van der Waals surface area contributed by atoms with Crippen LogP contribution in [0.5, 0.6) is 5.75 Å². The molecule has 3 nitrogen and oxygen atoms in total. The lowest BCUT2D eigenvalue weighted by Crippen LogP contribution is -2.03. The van der Waals surface area contributed by atoms with Gasteiger partial charge in [-0.05, 0) is 19.9 Å². The summed E-state index contributed by atoms with van der Waals surface area (Å²) in [5.74, 6) is -0.923. The van der Waals surface area contributed by atoms with E-state index in [1.54, 1.807) is 13.0 Å². The number of nitriles is 1. The van der Waals surface area contributed by atoms with Crippen molar-refractivity contribution in [2.45, 2.75) is 13.8 Å². The molecule has 0 spiro atoms. The number of rotatable bonds is 3. The molecule has 0 aliphatic rings. The molecule has 0 amide bonds. The second-order valence-corrected chi connectivity index (χ2v) is 2.93. The second-order valence-electron chi connectivity index (χ2n) is 2.93. The maximum atomic E-state index is 13.4. The highest BCUT2D eigenvalue weighted by Crippen LogP contribution is 2.21. The summed E-state index contributed by atoms with van der Waals surface area (Å²) in [6.07, 6.45) is 0. The van der Waals surface area contributed by atoms with E-state index in [2.05, 4.69) is 0 Å². The molecule has 78 valence electrons. The van der Waals surface area contributed by atoms with Crippen molar-refractivity contribution in [3.63, 3.8) is 0 Å². The van der Waals surface area contributed by atoms with E-state index in [1.165, 1.54) is 13.0 Å². The van der Waals surface area contributed by atoms with Crippen LogP contribution >= 0.6 is 0 Å². The SMILES string of the molecule is CCOc1cc(F)c(C(C)=O)c(C#N)c1. The summed E-state index contributed by atoms with van der Waals surface area (Å²) in [6.45, 7) is 3.35. The zero-order valence-corrected chi connectivity index (χ0v) is 8.50. The summed E-state index contributed by atoms with van der Waals surface area (Å²) in [7, 11) is 0. The molecule has 0 aliphatic carbocycles. The third-order valence-corrected chi connectivity index (χ3v) is 1.85. The summed E-state index contributed by atoms with van der Waals surface area (Å²) in [6, 6.07) is 4.25. The topological polar surface area (TPSA) is 50.1 Å². The van der Waals surface area contributed by atoms with Gasteiger partial charge in [-0.2, -0.15) is 5.26 Å². The Labute approximate surface area is 87.1 Å². The fourth-order valence-electron chi connectivity index (χ4n) is 1.28. The Morgan fingerprint density at radius 1 is 1.60 bits per heavy atom. The first-order valence-electron chi connectivity index (χ1n) is 4.47. The maximum Gasteiger partial charge on any atom is 0.164 e. The van der Waals surface area contributed by atoms with Crippen LogP contribution in [0.4, 0.5) is 4.39 Å². The quantitative estimate of drug-likeness (QED) is 0.714. The minimum atomic E-state index is -0.718. The van der Waals surface area contributed by atoms with Crippen LogP contribution in [0.25, 0.3) is 0 Å². The molecule has 0 saturated heterocycles. The third-order valence-electron chi connectivity index (χ3n) is 1.85. The molecule has 0 atom stereocenters. The van der Waals surface area contributed by atoms with Crippen LogP contribution in [0.15, 0.2) is 12.1 Å². The number of carbonyl (C=O) groups excluding carboxylic acids is 1. The van der Waals surface area contributed by atoms with E-state index in [1.807, 2.05) is 0 Å². The molecule has 0 unspecified atom stereocenters. The van der Waals surface area contributed by atoms with Gasteiger partial charge in [-0.3, -0.25) is 4.79 Å². The van der Waals surface area contributed by atoms with Gasteiger partial charge in [0.1, 0.15) is 17.6 Å². The lowest BCUT2D eigenvalue weighted by atomic mass is 10.0. The highest BCUT2D eigenvalue weighted by Gasteiger charge is 2.15. The molecule has 0 aromatic heterocycles. The summed E-state index contributed by atoms with van der Waals surface area (Å²) < 4.78 is 18.5. The van der Waals surface area contributed by atoms with Crippen molar-refractivity contribution in [2.24, 2.45) is 0 Å². The molecule has 15 heavy (non-hydrogen) atoms. The summed E-state index contributed by atoms with van der Waals surface area (Å²) in [5.41, 5.74) is -0.174. The number of carbonyl (C=O) groups is 1. The summed E-state index contributed by atoms with van der Waals surface area (Å²) in [5, 5.41) is 8.76. The fourth-order valence-corrected chi connectivity index (χ4v) is 1.28. The van der Waals surface area contributed by atoms with E-state index in [-0.39, 0.29) is 16.9 Å². The van der Waals surface area contributed by atoms with Gasteiger partial charge in [0.25, 0.3) is 0 Å². The predicted molar refractivity (Wildman–Crippen MR) is 52.3 cm³/mol. The molecule has 0 fully saturated rings. The van der Waals surface area contributed by atoms with Crippen LogP contribution < -0.4 is 4.74 Å². The Hall–Kier alpha value is -1.89. The van der Waals surface area contributed by atoms with E-state index < -0.39 is 11.6 Å². The molecule has 0 heterocycles. The van der Waals surface area contributed by atoms with E-state index in [9.17, 15) is 9.18 Å². The van der Waals surface area contributed by atoms with E-state index in [4.69, 9.17) is 10.00 Å². The van der Waals surface area contributed by atoms with Crippen LogP contribution in [0.1, 0.15) is 29.8 Å². The lowest BCUT2D eigenvalue weighted by molar-refractivity contribution is 0.101. The van der Waals surface area contributed by atoms with Crippen molar-refractivity contribution >= 4 is 5.78 Å². The van der Waals surface area contributed by atoms with Crippen LogP contribution in [0.2, 0.25) is 0 Å². The largest absolute Gasteiger partial charge is 0.494 e. The molecular formula is C11H10FNO2. The summed E-state index contributed by atoms with van der Waals surface area (Å²) in [4.78, 5) is 11.1. The minimum absolute atomic E-state index is 0.00551. The zero-order valence-electron chi connectivity index (χ0n) is 8.50. The number of hydrogen-bond acceptors (Lipinski definition) is 3. The van der Waals surface area contributed by atoms with Gasteiger partial charge in [0.15, 0.2) is 5.78 Å². The van der Waals surface area contributed by atoms with Crippen molar-refractivity contribution in [2.75, 3.05) is 6.61 Å². The Balaban J connectivity index is 3.32. The van der Waals surface area contributed by atoms with Gasteiger partial charge in [-0.1, -0.05) is 0 Å². The number of Topliss-reactive ketones (excluding diaryl/α,β-unsaturated/α-hetero) is 1. The fraction of sp³-hybridized carbons (Fsp3) is 0.273. The van der Waals surface area contributed by atoms with E-state index in [0.29, 0.717) is 6.61 Å². The molecule has 0 radical (unpaired) electrons. The first-order valence-corrected chi connectivity index (χ1v) is 4.47. The summed E-state index contributed by atoms with van der Waals surface area (Å²) >= 11 is 0. The molecule has 1 aromatic rings. The van der Waals surface area contributed by atoms with Crippen LogP contribution in [-0.2, 0) is 0 Å². The Morgan fingerprint density at radius 3 is 2.73 bits per heavy atom. The van der Waals surface area contributed by atoms with Crippen LogP contribution in [0, 0.1) is 17.1 Å². The standard InChI is InChI=1S/C11H10FNO2/c1-3-15-9-4-8(6-13)11(7(2)14)10(12)5-9/h4-5H,3H2,1-2H3. The van der Waals surface area contributed by atoms with Crippen molar-refractivity contribution in [1.29, 1.82) is 5.26 Å². The first kappa shape index (κ1) is 11.2. The van der Waals surface area contributed by atoms with Crippen LogP contribution in [0.3, 0.4) is 0 Å². The maximum absolute atomic E-state index is 13.4. The molecule has 1 rings (SSSR count). The Bertz CT molecular complexity index is 435. The minimum Gasteiger partial charge on any atom is -0.494 e. The van der Waals surface area contributed by atoms with Crippen molar-refractivity contribution in [1.82, 2.24) is 0 Å². The van der Waals surface area contributed by atoms with Gasteiger partial charge < -0.3 is 4.74 Å². The normalized spacial score (nSPS) is 9.47. The van der Waals surface area contributed by atoms with Gasteiger partial charge >= 0.3 is 0 Å². The molecule has 1 aromatic carbocycles. The molecular weight excluding hydrogens is 197 g/mol. The third kappa shape index (κ3) is 2.32. The lowest BCUT2D eigenvalue weighted by Gasteiger charge is -2.06. The van der Waals surface area contributed by atoms with Crippen molar-refractivity contribution < 1.29 is 13.9 Å². The number of benzene rings is 1. The molecule has 0 N–H and O–H groups in total. The van der Waals surface area contributed by atoms with Crippen LogP contribution in [-0.4, -0.2) is 12.4 Å². The highest BCUT2D eigenvalue weighted by atomic mass is 19.1. The van der Waals surface area contributed by atoms with Gasteiger partial charge in [0.2, 0.25) is 0 Å². The first-order chi connectivity index (χ1) is 7.10. The van der Waals surface area contributed by atoms with Gasteiger partial charge in [0, 0.05) is 6.07 Å². The average Bonchev–Trinajstić information content (AvgIpc) is 2.16. The Kier molecular flexibility index (Phi) is 3.40. The number of ketones is 1. The monoisotopic (exact) mass is 207 g/mol. The molecule has 4 heteroatoms. The molecule has 0 aliphatic heterocycles. The van der Waals surface area contributed by atoms with Gasteiger partial charge in [0.05, 0.1) is 17.7 Å². The van der Waals surface area contributed by atoms with Crippen molar-refractivity contribution in [3.05, 3.63) is 29.1 Å². The number of hydrogen-bond donors (Lipinski definition) is 0. The second kappa shape index (κ2) is 4.56. The Morgan fingerprint density at radius 2 is 2.27 bits per heavy atom. The smallest absolute Gasteiger partial charge is 0.164 e. The van der Waals surface area contributed by atoms with E-state index in [0.717, 1.165) is 6.07 Å². The van der Waals surface area contributed by atoms with E-state index >= 15 is 0 Å². The van der Waals surface area contributed by atoms with Crippen molar-refractivity contribution in [3.8, 4) is 11.8 Å². The zero-order chi connectivity index (χ0) is 11.4. The molecule has 0 bridgehead atoms. The van der Waals surface area contributed by atoms with Gasteiger partial charge in [-0.25, -0.2) is 4.39 Å². The average molecular weight is 207 g/mol. The molecule has 0 saturated carbocycles. The van der Waals surface area contributed by atoms with Gasteiger partial charge in [-0.15, -0.1) is 0 Å². The predicted octanol–water partition coefficient (Wildman–Crippen LogP) is 2.30. The number of halogens is 1. The number of nitrogens with zero attached hydrogens (tertiary/aromatic N) is 1. The highest BCUT2D eigenvalue weighted by molar-refractivity contribution is 5.97. The number of ether oxygens (including phenoxy) is 1.